The zero-order valence-corrected chi connectivity index (χ0v) is 6.57. The lowest BCUT2D eigenvalue weighted by Crippen LogP contribution is -2.26. The summed E-state index contributed by atoms with van der Waals surface area (Å²) in [5.41, 5.74) is 3.15. The van der Waals surface area contributed by atoms with Crippen LogP contribution in [0.2, 0.25) is 0 Å². The highest BCUT2D eigenvalue weighted by Gasteiger charge is 2.08. The molecule has 0 aromatic carbocycles. The normalized spacial score (nSPS) is 23.0. The van der Waals surface area contributed by atoms with Crippen molar-refractivity contribution in [2.75, 3.05) is 20.1 Å². The van der Waals surface area contributed by atoms with Crippen LogP contribution in [0.15, 0.2) is 11.1 Å². The largest absolute Gasteiger partial charge is 0.302 e. The molecule has 1 heterocycles. The second-order valence-corrected chi connectivity index (χ2v) is 3.05. The molecule has 1 aliphatic heterocycles. The maximum atomic E-state index is 2.36. The van der Waals surface area contributed by atoms with Gasteiger partial charge in [-0.2, -0.15) is 0 Å². The second-order valence-electron chi connectivity index (χ2n) is 3.05. The van der Waals surface area contributed by atoms with Crippen LogP contribution in [0.1, 0.15) is 20.3 Å². The highest BCUT2D eigenvalue weighted by atomic mass is 15.1. The highest BCUT2D eigenvalue weighted by molar-refractivity contribution is 5.14. The van der Waals surface area contributed by atoms with E-state index in [1.54, 1.807) is 11.1 Å². The van der Waals surface area contributed by atoms with E-state index in [1.807, 2.05) is 0 Å². The molecule has 0 N–H and O–H groups in total. The smallest absolute Gasteiger partial charge is 0.0189 e. The molecule has 0 aromatic rings. The lowest BCUT2D eigenvalue weighted by Gasteiger charge is -2.24. The van der Waals surface area contributed by atoms with Gasteiger partial charge in [0.15, 0.2) is 0 Å². The van der Waals surface area contributed by atoms with E-state index in [1.165, 1.54) is 19.5 Å². The summed E-state index contributed by atoms with van der Waals surface area (Å²) in [6.07, 6.45) is 1.27. The van der Waals surface area contributed by atoms with Gasteiger partial charge in [0.25, 0.3) is 0 Å². The summed E-state index contributed by atoms with van der Waals surface area (Å²) in [5.74, 6) is 0. The van der Waals surface area contributed by atoms with Gasteiger partial charge in [-0.1, -0.05) is 11.1 Å². The van der Waals surface area contributed by atoms with E-state index in [0.29, 0.717) is 0 Å². The lowest BCUT2D eigenvalue weighted by molar-refractivity contribution is 0.348. The van der Waals surface area contributed by atoms with Gasteiger partial charge in [-0.25, -0.2) is 0 Å². The molecule has 0 amide bonds. The summed E-state index contributed by atoms with van der Waals surface area (Å²) in [6.45, 7) is 6.88. The summed E-state index contributed by atoms with van der Waals surface area (Å²) in [5, 5.41) is 0. The third kappa shape index (κ3) is 1.55. The molecule has 0 aliphatic carbocycles. The van der Waals surface area contributed by atoms with Gasteiger partial charge in [-0.3, -0.25) is 0 Å². The number of likely N-dealkylation sites (N-methyl/N-ethyl adjacent to an activating group) is 1. The van der Waals surface area contributed by atoms with E-state index in [4.69, 9.17) is 0 Å². The van der Waals surface area contributed by atoms with Crippen molar-refractivity contribution in [3.63, 3.8) is 0 Å². The third-order valence-corrected chi connectivity index (χ3v) is 2.10. The molecule has 1 heteroatoms. The SMILES string of the molecule is CC1=C(C)CN(C)CC1. The van der Waals surface area contributed by atoms with Crippen molar-refractivity contribution in [2.24, 2.45) is 0 Å². The van der Waals surface area contributed by atoms with E-state index in [2.05, 4.69) is 25.8 Å². The Morgan fingerprint density at radius 3 is 2.33 bits per heavy atom. The van der Waals surface area contributed by atoms with Gasteiger partial charge in [0.05, 0.1) is 0 Å². The molecule has 0 spiro atoms. The van der Waals surface area contributed by atoms with Crippen LogP contribution < -0.4 is 0 Å². The first-order valence-electron chi connectivity index (χ1n) is 3.54. The average molecular weight is 125 g/mol. The van der Waals surface area contributed by atoms with E-state index in [0.717, 1.165) is 0 Å². The molecule has 0 saturated heterocycles. The van der Waals surface area contributed by atoms with Crippen LogP contribution in [0.25, 0.3) is 0 Å². The fourth-order valence-corrected chi connectivity index (χ4v) is 1.19. The van der Waals surface area contributed by atoms with Crippen molar-refractivity contribution in [2.45, 2.75) is 20.3 Å². The second kappa shape index (κ2) is 2.53. The summed E-state index contributed by atoms with van der Waals surface area (Å²) >= 11 is 0. The maximum Gasteiger partial charge on any atom is 0.0189 e. The third-order valence-electron chi connectivity index (χ3n) is 2.10. The van der Waals surface area contributed by atoms with Crippen LogP contribution in [0.3, 0.4) is 0 Å². The molecule has 1 rings (SSSR count). The van der Waals surface area contributed by atoms with Crippen LogP contribution in [-0.2, 0) is 0 Å². The Morgan fingerprint density at radius 2 is 1.89 bits per heavy atom. The predicted octanol–water partition coefficient (Wildman–Crippen LogP) is 1.66. The van der Waals surface area contributed by atoms with Gasteiger partial charge < -0.3 is 4.90 Å². The average Bonchev–Trinajstić information content (AvgIpc) is 1.80. The maximum absolute atomic E-state index is 2.36. The summed E-state index contributed by atoms with van der Waals surface area (Å²) in [6, 6.07) is 0. The molecule has 0 saturated carbocycles. The Hall–Kier alpha value is -0.300. The van der Waals surface area contributed by atoms with Gasteiger partial charge in [0.2, 0.25) is 0 Å². The summed E-state index contributed by atoms with van der Waals surface area (Å²) in [7, 11) is 2.18. The topological polar surface area (TPSA) is 3.24 Å². The van der Waals surface area contributed by atoms with Crippen LogP contribution >= 0.6 is 0 Å². The van der Waals surface area contributed by atoms with Gasteiger partial charge in [-0.15, -0.1) is 0 Å². The van der Waals surface area contributed by atoms with Crippen LogP contribution in [-0.4, -0.2) is 25.0 Å². The first-order chi connectivity index (χ1) is 4.20. The van der Waals surface area contributed by atoms with Gasteiger partial charge in [0.1, 0.15) is 0 Å². The molecule has 1 aliphatic rings. The molecular formula is C8H15N. The monoisotopic (exact) mass is 125 g/mol. The number of hydrogen-bond donors (Lipinski definition) is 0. The summed E-state index contributed by atoms with van der Waals surface area (Å²) < 4.78 is 0. The Morgan fingerprint density at radius 1 is 1.22 bits per heavy atom. The van der Waals surface area contributed by atoms with E-state index >= 15 is 0 Å². The Bertz CT molecular complexity index is 136. The molecule has 0 fully saturated rings. The van der Waals surface area contributed by atoms with Crippen LogP contribution in [0, 0.1) is 0 Å². The number of nitrogens with zero attached hydrogens (tertiary/aromatic N) is 1. The zero-order valence-electron chi connectivity index (χ0n) is 6.57. The molecule has 0 unspecified atom stereocenters. The molecule has 52 valence electrons. The first-order valence-corrected chi connectivity index (χ1v) is 3.54. The Labute approximate surface area is 57.4 Å². The fraction of sp³-hybridized carbons (Fsp3) is 0.750. The molecule has 0 atom stereocenters. The minimum atomic E-state index is 1.17. The lowest BCUT2D eigenvalue weighted by atomic mass is 10.0. The minimum Gasteiger partial charge on any atom is -0.302 e. The Balaban J connectivity index is 2.61. The van der Waals surface area contributed by atoms with E-state index in [-0.39, 0.29) is 0 Å². The molecule has 9 heavy (non-hydrogen) atoms. The van der Waals surface area contributed by atoms with Crippen molar-refractivity contribution in [3.05, 3.63) is 11.1 Å². The van der Waals surface area contributed by atoms with E-state index in [9.17, 15) is 0 Å². The van der Waals surface area contributed by atoms with Gasteiger partial charge in [-0.05, 0) is 27.3 Å². The molecule has 0 bridgehead atoms. The molecule has 0 radical (unpaired) electrons. The highest BCUT2D eigenvalue weighted by Crippen LogP contribution is 2.14. The first kappa shape index (κ1) is 6.81. The van der Waals surface area contributed by atoms with Crippen molar-refractivity contribution in [1.29, 1.82) is 0 Å². The van der Waals surface area contributed by atoms with E-state index < -0.39 is 0 Å². The number of rotatable bonds is 0. The fourth-order valence-electron chi connectivity index (χ4n) is 1.19. The van der Waals surface area contributed by atoms with Crippen molar-refractivity contribution in [1.82, 2.24) is 4.90 Å². The van der Waals surface area contributed by atoms with Crippen molar-refractivity contribution in [3.8, 4) is 0 Å². The molecule has 0 aromatic heterocycles. The summed E-state index contributed by atoms with van der Waals surface area (Å²) in [4.78, 5) is 2.36. The van der Waals surface area contributed by atoms with Crippen molar-refractivity contribution < 1.29 is 0 Å². The Kier molecular flexibility index (Phi) is 1.91. The van der Waals surface area contributed by atoms with Crippen LogP contribution in [0.5, 0.6) is 0 Å². The number of hydrogen-bond acceptors (Lipinski definition) is 1. The molecular weight excluding hydrogens is 110 g/mol. The quantitative estimate of drug-likeness (QED) is 0.445. The van der Waals surface area contributed by atoms with Crippen LogP contribution in [0.4, 0.5) is 0 Å². The molecule has 1 nitrogen and oxygen atoms in total. The predicted molar refractivity (Wildman–Crippen MR) is 40.5 cm³/mol. The minimum absolute atomic E-state index is 1.17. The van der Waals surface area contributed by atoms with Gasteiger partial charge in [0, 0.05) is 13.1 Å². The standard InChI is InChI=1S/C8H15N/c1-7-4-5-9(3)6-8(7)2/h4-6H2,1-3H3. The van der Waals surface area contributed by atoms with Gasteiger partial charge >= 0.3 is 0 Å². The van der Waals surface area contributed by atoms with Crippen molar-refractivity contribution >= 4 is 0 Å². The zero-order chi connectivity index (χ0) is 6.85.